The Morgan fingerprint density at radius 1 is 1.47 bits per heavy atom. The Hall–Kier alpha value is -1.38. The molecule has 0 bridgehead atoms. The van der Waals surface area contributed by atoms with Gasteiger partial charge in [-0.05, 0) is 30.5 Å². The lowest BCUT2D eigenvalue weighted by Crippen LogP contribution is -2.22. The minimum atomic E-state index is -0.225. The average molecular weight is 209 g/mol. The number of carbonyl (C=O) groups is 1. The fraction of sp³-hybridized carbons (Fsp3) is 0.417. The lowest BCUT2D eigenvalue weighted by Gasteiger charge is -2.05. The fourth-order valence-corrected chi connectivity index (χ4v) is 1.26. The summed E-state index contributed by atoms with van der Waals surface area (Å²) in [6.07, 6.45) is 1.35. The van der Waals surface area contributed by atoms with E-state index >= 15 is 0 Å². The number of rotatable bonds is 4. The third-order valence-electron chi connectivity index (χ3n) is 2.20. The second kappa shape index (κ2) is 5.49. The maximum Gasteiger partial charge on any atom is 0.220 e. The third-order valence-corrected chi connectivity index (χ3v) is 2.20. The van der Waals surface area contributed by atoms with Gasteiger partial charge in [-0.25, -0.2) is 4.39 Å². The van der Waals surface area contributed by atoms with Crippen LogP contribution in [0.1, 0.15) is 30.9 Å². The van der Waals surface area contributed by atoms with Gasteiger partial charge in [0.15, 0.2) is 0 Å². The van der Waals surface area contributed by atoms with Crippen molar-refractivity contribution in [1.29, 1.82) is 0 Å². The lowest BCUT2D eigenvalue weighted by atomic mass is 10.1. The van der Waals surface area contributed by atoms with Crippen molar-refractivity contribution in [3.63, 3.8) is 0 Å². The van der Waals surface area contributed by atoms with Crippen LogP contribution in [-0.2, 0) is 11.3 Å². The summed E-state index contributed by atoms with van der Waals surface area (Å²) in [4.78, 5) is 11.2. The van der Waals surface area contributed by atoms with E-state index in [0.29, 0.717) is 18.5 Å². The molecule has 1 N–H and O–H groups in total. The number of hydrogen-bond donors (Lipinski definition) is 1. The smallest absolute Gasteiger partial charge is 0.220 e. The van der Waals surface area contributed by atoms with Crippen LogP contribution in [-0.4, -0.2) is 5.91 Å². The zero-order chi connectivity index (χ0) is 11.3. The number of benzene rings is 1. The Bertz CT molecular complexity index is 349. The first-order valence-corrected chi connectivity index (χ1v) is 5.15. The molecule has 15 heavy (non-hydrogen) atoms. The normalized spacial score (nSPS) is 10.1. The fourth-order valence-electron chi connectivity index (χ4n) is 1.26. The van der Waals surface area contributed by atoms with E-state index in [-0.39, 0.29) is 11.7 Å². The number of nitrogens with one attached hydrogen (secondary N) is 1. The van der Waals surface area contributed by atoms with E-state index in [0.717, 1.165) is 12.0 Å². The van der Waals surface area contributed by atoms with Gasteiger partial charge in [0.25, 0.3) is 0 Å². The third kappa shape index (κ3) is 3.70. The maximum atomic E-state index is 13.1. The zero-order valence-electron chi connectivity index (χ0n) is 9.14. The molecular weight excluding hydrogens is 193 g/mol. The van der Waals surface area contributed by atoms with Gasteiger partial charge < -0.3 is 5.32 Å². The van der Waals surface area contributed by atoms with E-state index in [1.54, 1.807) is 13.0 Å². The minimum Gasteiger partial charge on any atom is -0.352 e. The zero-order valence-corrected chi connectivity index (χ0v) is 9.14. The summed E-state index contributed by atoms with van der Waals surface area (Å²) in [6, 6.07) is 5.00. The maximum absolute atomic E-state index is 13.1. The molecule has 1 amide bonds. The molecule has 0 saturated heterocycles. The van der Waals surface area contributed by atoms with Gasteiger partial charge in [-0.3, -0.25) is 4.79 Å². The van der Waals surface area contributed by atoms with Crippen LogP contribution in [0.3, 0.4) is 0 Å². The predicted octanol–water partition coefficient (Wildman–Crippen LogP) is 2.55. The number of halogens is 1. The molecule has 0 aliphatic rings. The van der Waals surface area contributed by atoms with Crippen molar-refractivity contribution in [3.8, 4) is 0 Å². The van der Waals surface area contributed by atoms with Crippen LogP contribution in [0.15, 0.2) is 18.2 Å². The Kier molecular flexibility index (Phi) is 4.28. The molecule has 0 aliphatic heterocycles. The summed E-state index contributed by atoms with van der Waals surface area (Å²) in [5, 5.41) is 2.74. The molecule has 0 fully saturated rings. The highest BCUT2D eigenvalue weighted by molar-refractivity contribution is 5.75. The van der Waals surface area contributed by atoms with Crippen molar-refractivity contribution < 1.29 is 9.18 Å². The van der Waals surface area contributed by atoms with Gasteiger partial charge in [0, 0.05) is 13.0 Å². The average Bonchev–Trinajstić information content (AvgIpc) is 2.20. The van der Waals surface area contributed by atoms with Crippen molar-refractivity contribution in [2.24, 2.45) is 0 Å². The molecular formula is C12H16FNO. The van der Waals surface area contributed by atoms with Crippen molar-refractivity contribution in [2.75, 3.05) is 0 Å². The molecule has 1 rings (SSSR count). The van der Waals surface area contributed by atoms with Crippen LogP contribution < -0.4 is 5.32 Å². The summed E-state index contributed by atoms with van der Waals surface area (Å²) in [5.41, 5.74) is 1.42. The second-order valence-corrected chi connectivity index (χ2v) is 3.61. The molecule has 0 spiro atoms. The van der Waals surface area contributed by atoms with E-state index in [1.165, 1.54) is 6.07 Å². The molecule has 0 aliphatic carbocycles. The SMILES string of the molecule is CCCC(=O)NCc1ccc(C)c(F)c1. The Balaban J connectivity index is 2.51. The van der Waals surface area contributed by atoms with Crippen LogP contribution in [0.25, 0.3) is 0 Å². The standard InChI is InChI=1S/C12H16FNO/c1-3-4-12(15)14-8-10-6-5-9(2)11(13)7-10/h5-7H,3-4,8H2,1-2H3,(H,14,15). The van der Waals surface area contributed by atoms with Crippen LogP contribution in [0, 0.1) is 12.7 Å². The Morgan fingerprint density at radius 2 is 2.20 bits per heavy atom. The van der Waals surface area contributed by atoms with Gasteiger partial charge in [0.05, 0.1) is 0 Å². The monoisotopic (exact) mass is 209 g/mol. The molecule has 0 aromatic heterocycles. The summed E-state index contributed by atoms with van der Waals surface area (Å²) in [6.45, 7) is 4.07. The minimum absolute atomic E-state index is 0.0125. The molecule has 0 saturated carbocycles. The molecule has 0 heterocycles. The number of aryl methyl sites for hydroxylation is 1. The van der Waals surface area contributed by atoms with Crippen molar-refractivity contribution in [2.45, 2.75) is 33.2 Å². The van der Waals surface area contributed by atoms with Crippen LogP contribution >= 0.6 is 0 Å². The van der Waals surface area contributed by atoms with Crippen molar-refractivity contribution in [3.05, 3.63) is 35.1 Å². The first kappa shape index (κ1) is 11.7. The highest BCUT2D eigenvalue weighted by atomic mass is 19.1. The molecule has 82 valence electrons. The molecule has 1 aromatic rings. The highest BCUT2D eigenvalue weighted by Gasteiger charge is 2.01. The number of hydrogen-bond acceptors (Lipinski definition) is 1. The molecule has 0 atom stereocenters. The Labute approximate surface area is 89.5 Å². The second-order valence-electron chi connectivity index (χ2n) is 3.61. The number of carbonyl (C=O) groups excluding carboxylic acids is 1. The van der Waals surface area contributed by atoms with E-state index in [4.69, 9.17) is 0 Å². The summed E-state index contributed by atoms with van der Waals surface area (Å²) in [5.74, 6) is -0.212. The summed E-state index contributed by atoms with van der Waals surface area (Å²) in [7, 11) is 0. The first-order valence-electron chi connectivity index (χ1n) is 5.15. The number of amides is 1. The van der Waals surface area contributed by atoms with Crippen molar-refractivity contribution >= 4 is 5.91 Å². The van der Waals surface area contributed by atoms with E-state index in [2.05, 4.69) is 5.32 Å². The van der Waals surface area contributed by atoms with E-state index < -0.39 is 0 Å². The highest BCUT2D eigenvalue weighted by Crippen LogP contribution is 2.08. The van der Waals surface area contributed by atoms with Gasteiger partial charge in [-0.15, -0.1) is 0 Å². The molecule has 0 unspecified atom stereocenters. The van der Waals surface area contributed by atoms with Crippen LogP contribution in [0.4, 0.5) is 4.39 Å². The molecule has 2 nitrogen and oxygen atoms in total. The van der Waals surface area contributed by atoms with E-state index in [9.17, 15) is 9.18 Å². The molecule has 0 radical (unpaired) electrons. The van der Waals surface area contributed by atoms with Crippen LogP contribution in [0.2, 0.25) is 0 Å². The van der Waals surface area contributed by atoms with Crippen LogP contribution in [0.5, 0.6) is 0 Å². The lowest BCUT2D eigenvalue weighted by molar-refractivity contribution is -0.121. The van der Waals surface area contributed by atoms with Gasteiger partial charge in [0.1, 0.15) is 5.82 Å². The predicted molar refractivity (Wildman–Crippen MR) is 57.9 cm³/mol. The largest absolute Gasteiger partial charge is 0.352 e. The Morgan fingerprint density at radius 3 is 2.80 bits per heavy atom. The molecule has 3 heteroatoms. The van der Waals surface area contributed by atoms with Gasteiger partial charge in [0.2, 0.25) is 5.91 Å². The quantitative estimate of drug-likeness (QED) is 0.811. The van der Waals surface area contributed by atoms with Crippen molar-refractivity contribution in [1.82, 2.24) is 5.32 Å². The van der Waals surface area contributed by atoms with Gasteiger partial charge in [-0.1, -0.05) is 19.1 Å². The summed E-state index contributed by atoms with van der Waals surface area (Å²) < 4.78 is 13.1. The first-order chi connectivity index (χ1) is 7.13. The van der Waals surface area contributed by atoms with Gasteiger partial charge >= 0.3 is 0 Å². The topological polar surface area (TPSA) is 29.1 Å². The van der Waals surface area contributed by atoms with E-state index in [1.807, 2.05) is 13.0 Å². The van der Waals surface area contributed by atoms with Gasteiger partial charge in [-0.2, -0.15) is 0 Å². The summed E-state index contributed by atoms with van der Waals surface area (Å²) >= 11 is 0. The molecule has 1 aromatic carbocycles.